The summed E-state index contributed by atoms with van der Waals surface area (Å²) in [6.07, 6.45) is 11.4. The fourth-order valence-corrected chi connectivity index (χ4v) is 2.88. The summed E-state index contributed by atoms with van der Waals surface area (Å²) in [5, 5.41) is 9.44. The fourth-order valence-electron chi connectivity index (χ4n) is 2.88. The molecule has 0 radical (unpaired) electrons. The number of ether oxygens (including phenoxy) is 1. The first-order valence-electron chi connectivity index (χ1n) is 7.05. The molecule has 1 aliphatic carbocycles. The van der Waals surface area contributed by atoms with E-state index in [1.54, 1.807) is 6.08 Å². The lowest BCUT2D eigenvalue weighted by molar-refractivity contribution is -0.150. The molecule has 1 unspecified atom stereocenters. The van der Waals surface area contributed by atoms with Crippen LogP contribution in [0.3, 0.4) is 0 Å². The Bertz CT molecular complexity index is 518. The molecule has 2 aliphatic rings. The molecule has 0 bridgehead atoms. The van der Waals surface area contributed by atoms with Gasteiger partial charge in [0, 0.05) is 11.6 Å². The van der Waals surface area contributed by atoms with Gasteiger partial charge in [-0.15, -0.1) is 0 Å². The van der Waals surface area contributed by atoms with Crippen LogP contribution in [0.2, 0.25) is 0 Å². The van der Waals surface area contributed by atoms with Crippen molar-refractivity contribution in [3.8, 4) is 0 Å². The molecular weight excluding hydrogens is 252 g/mol. The topological polar surface area (TPSA) is 46.5 Å². The third kappa shape index (κ3) is 3.28. The minimum Gasteiger partial charge on any atom is -0.428 e. The van der Waals surface area contributed by atoms with Gasteiger partial charge in [0.1, 0.15) is 0 Å². The number of cyclic esters (lactones) is 1. The van der Waals surface area contributed by atoms with E-state index in [1.807, 2.05) is 12.2 Å². The molecule has 1 atom stereocenters. The van der Waals surface area contributed by atoms with E-state index < -0.39 is 12.3 Å². The monoisotopic (exact) mass is 274 g/mol. The lowest BCUT2D eigenvalue weighted by Crippen LogP contribution is -2.18. The molecule has 0 spiro atoms. The van der Waals surface area contributed by atoms with Gasteiger partial charge in [-0.3, -0.25) is 0 Å². The van der Waals surface area contributed by atoms with Crippen LogP contribution in [0.25, 0.3) is 0 Å². The van der Waals surface area contributed by atoms with Gasteiger partial charge in [-0.25, -0.2) is 4.79 Å². The Hall–Kier alpha value is -1.61. The molecule has 3 heteroatoms. The maximum atomic E-state index is 11.0. The Balaban J connectivity index is 2.07. The Kier molecular flexibility index (Phi) is 4.29. The second-order valence-corrected chi connectivity index (χ2v) is 6.08. The summed E-state index contributed by atoms with van der Waals surface area (Å²) in [7, 11) is 0. The Morgan fingerprint density at radius 2 is 2.05 bits per heavy atom. The molecule has 0 aromatic rings. The van der Waals surface area contributed by atoms with Crippen LogP contribution in [0, 0.1) is 5.41 Å². The highest BCUT2D eigenvalue weighted by Crippen LogP contribution is 2.40. The first-order valence-corrected chi connectivity index (χ1v) is 7.05. The van der Waals surface area contributed by atoms with Crippen molar-refractivity contribution in [2.45, 2.75) is 46.3 Å². The summed E-state index contributed by atoms with van der Waals surface area (Å²) in [6.45, 7) is 6.74. The molecule has 0 fully saturated rings. The first-order chi connectivity index (χ1) is 9.40. The average molecular weight is 274 g/mol. The normalized spacial score (nSPS) is 26.5. The van der Waals surface area contributed by atoms with Gasteiger partial charge in [0.25, 0.3) is 0 Å². The summed E-state index contributed by atoms with van der Waals surface area (Å²) in [6, 6.07) is 0. The van der Waals surface area contributed by atoms with Crippen molar-refractivity contribution in [2.24, 2.45) is 5.41 Å². The molecule has 1 aliphatic heterocycles. The van der Waals surface area contributed by atoms with Crippen LogP contribution in [0.4, 0.5) is 0 Å². The first kappa shape index (κ1) is 14.8. The van der Waals surface area contributed by atoms with Gasteiger partial charge < -0.3 is 9.84 Å². The molecule has 2 rings (SSSR count). The van der Waals surface area contributed by atoms with E-state index in [-0.39, 0.29) is 5.41 Å². The van der Waals surface area contributed by atoms with Gasteiger partial charge >= 0.3 is 5.97 Å². The molecule has 1 heterocycles. The number of aliphatic hydroxyl groups is 1. The van der Waals surface area contributed by atoms with Crippen molar-refractivity contribution in [3.63, 3.8) is 0 Å². The summed E-state index contributed by atoms with van der Waals surface area (Å²) in [4.78, 5) is 11.0. The molecule has 0 saturated heterocycles. The highest BCUT2D eigenvalue weighted by molar-refractivity contribution is 5.86. The number of carbonyl (C=O) groups excluding carboxylic acids is 1. The molecule has 0 amide bonds. The van der Waals surface area contributed by atoms with E-state index in [4.69, 9.17) is 0 Å². The highest BCUT2D eigenvalue weighted by atomic mass is 16.6. The van der Waals surface area contributed by atoms with Crippen LogP contribution in [0.1, 0.15) is 40.0 Å². The van der Waals surface area contributed by atoms with E-state index in [1.165, 1.54) is 36.5 Å². The lowest BCUT2D eigenvalue weighted by atomic mass is 9.73. The maximum absolute atomic E-state index is 11.0. The van der Waals surface area contributed by atoms with Crippen LogP contribution < -0.4 is 0 Å². The van der Waals surface area contributed by atoms with Crippen molar-refractivity contribution in [1.82, 2.24) is 0 Å². The molecule has 0 saturated carbocycles. The minimum atomic E-state index is -1.13. The Morgan fingerprint density at radius 3 is 2.65 bits per heavy atom. The number of aliphatic hydroxyl groups excluding tert-OH is 1. The van der Waals surface area contributed by atoms with Crippen LogP contribution in [-0.2, 0) is 9.53 Å². The third-order valence-corrected chi connectivity index (χ3v) is 4.00. The molecule has 0 aromatic carbocycles. The molecule has 20 heavy (non-hydrogen) atoms. The van der Waals surface area contributed by atoms with Crippen molar-refractivity contribution < 1.29 is 14.6 Å². The van der Waals surface area contributed by atoms with Gasteiger partial charge in [-0.05, 0) is 37.2 Å². The van der Waals surface area contributed by atoms with Gasteiger partial charge in [0.05, 0.1) is 0 Å². The molecule has 0 aromatic heterocycles. The van der Waals surface area contributed by atoms with Crippen molar-refractivity contribution in [1.29, 1.82) is 0 Å². The van der Waals surface area contributed by atoms with E-state index in [9.17, 15) is 9.90 Å². The minimum absolute atomic E-state index is 0.220. The standard InChI is InChI=1S/C17H22O3/c1-12-7-6-10-17(2,3)14(12)9-5-4-8-13-11-15(18)20-16(13)19/h4-5,8-9,11,16,19H,6-7,10H2,1-3H3/b8-4+,9-5+. The zero-order valence-corrected chi connectivity index (χ0v) is 12.3. The zero-order valence-electron chi connectivity index (χ0n) is 12.3. The average Bonchev–Trinajstić information content (AvgIpc) is 2.65. The van der Waals surface area contributed by atoms with Gasteiger partial charge in [0.2, 0.25) is 6.29 Å². The van der Waals surface area contributed by atoms with E-state index in [2.05, 4.69) is 31.6 Å². The van der Waals surface area contributed by atoms with Crippen molar-refractivity contribution in [3.05, 3.63) is 47.1 Å². The number of hydrogen-bond acceptors (Lipinski definition) is 3. The molecule has 3 nitrogen and oxygen atoms in total. The second-order valence-electron chi connectivity index (χ2n) is 6.08. The number of hydrogen-bond donors (Lipinski definition) is 1. The second kappa shape index (κ2) is 5.80. The highest BCUT2D eigenvalue weighted by Gasteiger charge is 2.26. The SMILES string of the molecule is CC1=C(/C=C/C=C/C2=CC(=O)OC2O)C(C)(C)CCC1. The van der Waals surface area contributed by atoms with E-state index >= 15 is 0 Å². The summed E-state index contributed by atoms with van der Waals surface area (Å²) < 4.78 is 4.61. The van der Waals surface area contributed by atoms with Crippen molar-refractivity contribution in [2.75, 3.05) is 0 Å². The van der Waals surface area contributed by atoms with Crippen LogP contribution in [-0.4, -0.2) is 17.4 Å². The van der Waals surface area contributed by atoms with Crippen LogP contribution >= 0.6 is 0 Å². The third-order valence-electron chi connectivity index (χ3n) is 4.00. The maximum Gasteiger partial charge on any atom is 0.333 e. The molecule has 108 valence electrons. The van der Waals surface area contributed by atoms with Crippen LogP contribution in [0.5, 0.6) is 0 Å². The molecular formula is C17H22O3. The number of rotatable bonds is 3. The summed E-state index contributed by atoms with van der Waals surface area (Å²) >= 11 is 0. The fraction of sp³-hybridized carbons (Fsp3) is 0.471. The van der Waals surface area contributed by atoms with Crippen LogP contribution in [0.15, 0.2) is 47.1 Å². The predicted molar refractivity (Wildman–Crippen MR) is 78.8 cm³/mol. The predicted octanol–water partition coefficient (Wildman–Crippen LogP) is 3.43. The summed E-state index contributed by atoms with van der Waals surface area (Å²) in [5.41, 5.74) is 3.55. The van der Waals surface area contributed by atoms with Gasteiger partial charge in [-0.1, -0.05) is 43.7 Å². The Labute approximate surface area is 120 Å². The number of carbonyl (C=O) groups is 1. The van der Waals surface area contributed by atoms with Gasteiger partial charge in [0.15, 0.2) is 0 Å². The lowest BCUT2D eigenvalue weighted by Gasteiger charge is -2.32. The van der Waals surface area contributed by atoms with Crippen molar-refractivity contribution >= 4 is 5.97 Å². The quantitative estimate of drug-likeness (QED) is 0.633. The van der Waals surface area contributed by atoms with E-state index in [0.29, 0.717) is 5.57 Å². The number of allylic oxidation sites excluding steroid dienone is 5. The van der Waals surface area contributed by atoms with E-state index in [0.717, 1.165) is 0 Å². The zero-order chi connectivity index (χ0) is 14.8. The smallest absolute Gasteiger partial charge is 0.333 e. The Morgan fingerprint density at radius 1 is 1.35 bits per heavy atom. The van der Waals surface area contributed by atoms with Gasteiger partial charge in [-0.2, -0.15) is 0 Å². The molecule has 1 N–H and O–H groups in total. The largest absolute Gasteiger partial charge is 0.428 e. The summed E-state index contributed by atoms with van der Waals surface area (Å²) in [5.74, 6) is -0.493. The number of esters is 1.